The number of nitriles is 1. The van der Waals surface area contributed by atoms with Gasteiger partial charge in [-0.05, 0) is 42.8 Å². The molecule has 26 heavy (non-hydrogen) atoms. The van der Waals surface area contributed by atoms with Crippen LogP contribution in [0, 0.1) is 24.1 Å². The highest BCUT2D eigenvalue weighted by Gasteiger charge is 2.21. The Bertz CT molecular complexity index is 988. The van der Waals surface area contributed by atoms with Crippen molar-refractivity contribution in [2.24, 2.45) is 0 Å². The van der Waals surface area contributed by atoms with Gasteiger partial charge in [0.05, 0.1) is 23.9 Å². The first kappa shape index (κ1) is 17.3. The molecule has 6 nitrogen and oxygen atoms in total. The fourth-order valence-electron chi connectivity index (χ4n) is 2.53. The lowest BCUT2D eigenvalue weighted by atomic mass is 10.2. The Kier molecular flexibility index (Phi) is 4.76. The lowest BCUT2D eigenvalue weighted by molar-refractivity contribution is 0.0987. The van der Waals surface area contributed by atoms with Crippen LogP contribution in [0.2, 0.25) is 0 Å². The van der Waals surface area contributed by atoms with E-state index in [1.165, 1.54) is 17.0 Å². The number of hydrogen-bond acceptors (Lipinski definition) is 4. The molecule has 0 radical (unpaired) electrons. The molecule has 7 heteroatoms. The maximum Gasteiger partial charge on any atom is 0.280 e. The van der Waals surface area contributed by atoms with Crippen molar-refractivity contribution < 1.29 is 9.18 Å². The van der Waals surface area contributed by atoms with E-state index in [2.05, 4.69) is 16.4 Å². The first-order chi connectivity index (χ1) is 12.5. The molecule has 0 saturated carbocycles. The molecule has 2 aromatic carbocycles. The van der Waals surface area contributed by atoms with Gasteiger partial charge in [-0.1, -0.05) is 23.4 Å². The average molecular weight is 349 g/mol. The van der Waals surface area contributed by atoms with E-state index in [0.717, 1.165) is 5.56 Å². The molecule has 0 unspecified atom stereocenters. The van der Waals surface area contributed by atoms with Crippen LogP contribution in [0.25, 0.3) is 0 Å². The summed E-state index contributed by atoms with van der Waals surface area (Å²) in [5, 5.41) is 17.0. The zero-order chi connectivity index (χ0) is 18.7. The van der Waals surface area contributed by atoms with Crippen molar-refractivity contribution >= 4 is 11.6 Å². The summed E-state index contributed by atoms with van der Waals surface area (Å²) in [6, 6.07) is 14.9. The number of rotatable bonds is 4. The molecule has 1 heterocycles. The Labute approximate surface area is 150 Å². The summed E-state index contributed by atoms with van der Waals surface area (Å²) in [6.45, 7) is 2.15. The van der Waals surface area contributed by atoms with Crippen LogP contribution in [0.4, 0.5) is 10.1 Å². The third-order valence-corrected chi connectivity index (χ3v) is 4.10. The van der Waals surface area contributed by atoms with Crippen LogP contribution in [0.15, 0.2) is 48.5 Å². The first-order valence-electron chi connectivity index (χ1n) is 7.92. The van der Waals surface area contributed by atoms with Gasteiger partial charge in [-0.2, -0.15) is 5.26 Å². The van der Waals surface area contributed by atoms with E-state index in [1.807, 2.05) is 0 Å². The van der Waals surface area contributed by atoms with Crippen LogP contribution in [0.1, 0.15) is 27.3 Å². The molecule has 0 fully saturated rings. The number of nitrogens with zero attached hydrogens (tertiary/aromatic N) is 5. The maximum absolute atomic E-state index is 13.0. The lowest BCUT2D eigenvalue weighted by Gasteiger charge is -2.16. The zero-order valence-electron chi connectivity index (χ0n) is 14.3. The predicted octanol–water partition coefficient (Wildman–Crippen LogP) is 2.92. The molecule has 1 amide bonds. The number of benzene rings is 2. The monoisotopic (exact) mass is 349 g/mol. The van der Waals surface area contributed by atoms with E-state index in [0.29, 0.717) is 23.5 Å². The van der Waals surface area contributed by atoms with Gasteiger partial charge in [-0.15, -0.1) is 5.10 Å². The van der Waals surface area contributed by atoms with Crippen molar-refractivity contribution in [2.75, 3.05) is 11.9 Å². The minimum Gasteiger partial charge on any atom is -0.310 e. The number of carbonyl (C=O) groups is 1. The molecule has 3 rings (SSSR count). The summed E-state index contributed by atoms with van der Waals surface area (Å²) in [5.74, 6) is -0.621. The summed E-state index contributed by atoms with van der Waals surface area (Å²) < 4.78 is 14.6. The molecule has 0 saturated heterocycles. The highest BCUT2D eigenvalue weighted by molar-refractivity contribution is 6.05. The number of carbonyl (C=O) groups excluding carboxylic acids is 1. The fraction of sp³-hybridized carbons (Fsp3) is 0.158. The Morgan fingerprint density at radius 1 is 1.27 bits per heavy atom. The molecule has 0 aliphatic rings. The smallest absolute Gasteiger partial charge is 0.280 e. The van der Waals surface area contributed by atoms with Gasteiger partial charge in [0.15, 0.2) is 5.69 Å². The van der Waals surface area contributed by atoms with Gasteiger partial charge in [0.2, 0.25) is 0 Å². The quantitative estimate of drug-likeness (QED) is 0.726. The van der Waals surface area contributed by atoms with Crippen LogP contribution in [-0.2, 0) is 6.54 Å². The third-order valence-electron chi connectivity index (χ3n) is 4.10. The minimum absolute atomic E-state index is 0.233. The topological polar surface area (TPSA) is 74.8 Å². The molecular weight excluding hydrogens is 333 g/mol. The number of amides is 1. The van der Waals surface area contributed by atoms with E-state index in [-0.39, 0.29) is 17.4 Å². The van der Waals surface area contributed by atoms with Crippen LogP contribution in [0.5, 0.6) is 0 Å². The van der Waals surface area contributed by atoms with Gasteiger partial charge in [-0.3, -0.25) is 4.79 Å². The molecular formula is C19H16FN5O. The molecule has 0 aliphatic carbocycles. The van der Waals surface area contributed by atoms with Crippen LogP contribution in [0.3, 0.4) is 0 Å². The largest absolute Gasteiger partial charge is 0.310 e. The predicted molar refractivity (Wildman–Crippen MR) is 94.2 cm³/mol. The van der Waals surface area contributed by atoms with E-state index in [9.17, 15) is 9.18 Å². The molecule has 0 N–H and O–H groups in total. The summed E-state index contributed by atoms with van der Waals surface area (Å²) >= 11 is 0. The molecule has 0 atom stereocenters. The van der Waals surface area contributed by atoms with Crippen LogP contribution < -0.4 is 4.90 Å². The van der Waals surface area contributed by atoms with Gasteiger partial charge in [0, 0.05) is 12.7 Å². The van der Waals surface area contributed by atoms with Crippen molar-refractivity contribution in [2.45, 2.75) is 13.5 Å². The van der Waals surface area contributed by atoms with Gasteiger partial charge >= 0.3 is 0 Å². The van der Waals surface area contributed by atoms with Crippen molar-refractivity contribution in [1.29, 1.82) is 5.26 Å². The number of anilines is 1. The standard InChI is InChI=1S/C19H16FN5O/c1-13-18(19(26)24(2)17-5-3-4-15(10-17)11-21)22-23-25(13)12-14-6-8-16(20)9-7-14/h3-10H,12H2,1-2H3. The van der Waals surface area contributed by atoms with Gasteiger partial charge in [-0.25, -0.2) is 9.07 Å². The van der Waals surface area contributed by atoms with Crippen LogP contribution >= 0.6 is 0 Å². The van der Waals surface area contributed by atoms with Crippen molar-refractivity contribution in [1.82, 2.24) is 15.0 Å². The van der Waals surface area contributed by atoms with E-state index < -0.39 is 0 Å². The van der Waals surface area contributed by atoms with Gasteiger partial charge in [0.25, 0.3) is 5.91 Å². The normalized spacial score (nSPS) is 10.4. The Morgan fingerprint density at radius 2 is 2.00 bits per heavy atom. The molecule has 0 aliphatic heterocycles. The van der Waals surface area contributed by atoms with Gasteiger partial charge < -0.3 is 4.90 Å². The van der Waals surface area contributed by atoms with E-state index in [1.54, 1.807) is 55.1 Å². The average Bonchev–Trinajstić information content (AvgIpc) is 3.02. The van der Waals surface area contributed by atoms with Crippen LogP contribution in [-0.4, -0.2) is 27.9 Å². The van der Waals surface area contributed by atoms with Crippen molar-refractivity contribution in [3.05, 3.63) is 76.9 Å². The highest BCUT2D eigenvalue weighted by Crippen LogP contribution is 2.18. The lowest BCUT2D eigenvalue weighted by Crippen LogP contribution is -2.27. The van der Waals surface area contributed by atoms with E-state index in [4.69, 9.17) is 5.26 Å². The van der Waals surface area contributed by atoms with Crippen molar-refractivity contribution in [3.8, 4) is 6.07 Å². The minimum atomic E-state index is -0.317. The molecule has 130 valence electrons. The molecule has 0 spiro atoms. The second-order valence-electron chi connectivity index (χ2n) is 5.83. The molecule has 1 aromatic heterocycles. The number of aromatic nitrogens is 3. The highest BCUT2D eigenvalue weighted by atomic mass is 19.1. The second-order valence-corrected chi connectivity index (χ2v) is 5.83. The summed E-state index contributed by atoms with van der Waals surface area (Å²) in [7, 11) is 1.62. The summed E-state index contributed by atoms with van der Waals surface area (Å²) in [6.07, 6.45) is 0. The Hall–Kier alpha value is -3.53. The first-order valence-corrected chi connectivity index (χ1v) is 7.92. The SMILES string of the molecule is Cc1c(C(=O)N(C)c2cccc(C#N)c2)nnn1Cc1ccc(F)cc1. The molecule has 0 bridgehead atoms. The third kappa shape index (κ3) is 3.44. The maximum atomic E-state index is 13.0. The summed E-state index contributed by atoms with van der Waals surface area (Å²) in [5.41, 5.74) is 2.77. The second kappa shape index (κ2) is 7.15. The van der Waals surface area contributed by atoms with E-state index >= 15 is 0 Å². The Balaban J connectivity index is 1.83. The summed E-state index contributed by atoms with van der Waals surface area (Å²) in [4.78, 5) is 14.2. The van der Waals surface area contributed by atoms with Crippen molar-refractivity contribution in [3.63, 3.8) is 0 Å². The zero-order valence-corrected chi connectivity index (χ0v) is 14.3. The fourth-order valence-corrected chi connectivity index (χ4v) is 2.53. The molecule has 3 aromatic rings. The number of hydrogen-bond donors (Lipinski definition) is 0. The Morgan fingerprint density at radius 3 is 2.69 bits per heavy atom. The number of halogens is 1. The van der Waals surface area contributed by atoms with Gasteiger partial charge in [0.1, 0.15) is 5.82 Å².